The number of nitrogens with zero attached hydrogens (tertiary/aromatic N) is 2. The third-order valence-electron chi connectivity index (χ3n) is 3.13. The second-order valence-electron chi connectivity index (χ2n) is 4.81. The van der Waals surface area contributed by atoms with Crippen LogP contribution in [0.2, 0.25) is 0 Å². The van der Waals surface area contributed by atoms with Gasteiger partial charge in [-0.2, -0.15) is 5.10 Å². The Morgan fingerprint density at radius 1 is 1.35 bits per heavy atom. The molecule has 20 heavy (non-hydrogen) atoms. The molecule has 0 radical (unpaired) electrons. The van der Waals surface area contributed by atoms with Crippen molar-refractivity contribution in [2.75, 3.05) is 13.2 Å². The molecule has 2 rings (SSSR count). The highest BCUT2D eigenvalue weighted by atomic mass is 16.5. The largest absolute Gasteiger partial charge is 0.491 e. The number of hydrogen-bond acceptors (Lipinski definition) is 4. The fourth-order valence-electron chi connectivity index (χ4n) is 1.90. The maximum Gasteiger partial charge on any atom is 0.122 e. The SMILES string of the molecule is Cc1ccccc1OCC(O)CNCc1ccnn1C. The molecule has 0 amide bonds. The highest BCUT2D eigenvalue weighted by molar-refractivity contribution is 5.31. The van der Waals surface area contributed by atoms with Gasteiger partial charge in [0.25, 0.3) is 0 Å². The Morgan fingerprint density at radius 2 is 2.15 bits per heavy atom. The van der Waals surface area contributed by atoms with Crippen molar-refractivity contribution < 1.29 is 9.84 Å². The monoisotopic (exact) mass is 275 g/mol. The molecule has 0 fully saturated rings. The lowest BCUT2D eigenvalue weighted by Crippen LogP contribution is -2.31. The van der Waals surface area contributed by atoms with Gasteiger partial charge < -0.3 is 15.2 Å². The minimum absolute atomic E-state index is 0.281. The molecule has 2 N–H and O–H groups in total. The maximum atomic E-state index is 9.89. The number of aliphatic hydroxyl groups excluding tert-OH is 1. The Bertz CT molecular complexity index is 539. The number of aryl methyl sites for hydroxylation is 2. The van der Waals surface area contributed by atoms with Gasteiger partial charge in [-0.3, -0.25) is 4.68 Å². The topological polar surface area (TPSA) is 59.3 Å². The van der Waals surface area contributed by atoms with Gasteiger partial charge in [-0.15, -0.1) is 0 Å². The smallest absolute Gasteiger partial charge is 0.122 e. The van der Waals surface area contributed by atoms with Crippen molar-refractivity contribution in [3.8, 4) is 5.75 Å². The van der Waals surface area contributed by atoms with Crippen LogP contribution in [0.5, 0.6) is 5.75 Å². The van der Waals surface area contributed by atoms with E-state index in [1.54, 1.807) is 6.20 Å². The van der Waals surface area contributed by atoms with E-state index >= 15 is 0 Å². The van der Waals surface area contributed by atoms with Crippen molar-refractivity contribution in [2.45, 2.75) is 19.6 Å². The molecule has 0 saturated heterocycles. The van der Waals surface area contributed by atoms with Gasteiger partial charge in [0.1, 0.15) is 18.5 Å². The molecule has 1 atom stereocenters. The van der Waals surface area contributed by atoms with Gasteiger partial charge in [-0.1, -0.05) is 18.2 Å². The van der Waals surface area contributed by atoms with E-state index in [1.165, 1.54) is 0 Å². The first kappa shape index (κ1) is 14.6. The molecule has 0 bridgehead atoms. The van der Waals surface area contributed by atoms with Crippen molar-refractivity contribution in [3.05, 3.63) is 47.8 Å². The van der Waals surface area contributed by atoms with Gasteiger partial charge in [0.15, 0.2) is 0 Å². The third-order valence-corrected chi connectivity index (χ3v) is 3.13. The number of aliphatic hydroxyl groups is 1. The Hall–Kier alpha value is -1.85. The lowest BCUT2D eigenvalue weighted by Gasteiger charge is -2.14. The van der Waals surface area contributed by atoms with E-state index in [4.69, 9.17) is 4.74 Å². The van der Waals surface area contributed by atoms with Crippen LogP contribution in [0.15, 0.2) is 36.5 Å². The van der Waals surface area contributed by atoms with Crippen molar-refractivity contribution in [3.63, 3.8) is 0 Å². The number of benzene rings is 1. The van der Waals surface area contributed by atoms with E-state index < -0.39 is 6.10 Å². The van der Waals surface area contributed by atoms with E-state index in [0.29, 0.717) is 13.1 Å². The number of rotatable bonds is 7. The number of nitrogens with one attached hydrogen (secondary N) is 1. The molecule has 0 aliphatic heterocycles. The average molecular weight is 275 g/mol. The zero-order valence-corrected chi connectivity index (χ0v) is 11.9. The maximum absolute atomic E-state index is 9.89. The predicted molar refractivity (Wildman–Crippen MR) is 77.6 cm³/mol. The zero-order valence-electron chi connectivity index (χ0n) is 11.9. The molecule has 0 aliphatic rings. The highest BCUT2D eigenvalue weighted by Crippen LogP contribution is 2.16. The molecule has 1 aromatic heterocycles. The molecule has 0 spiro atoms. The number of ether oxygens (including phenoxy) is 1. The van der Waals surface area contributed by atoms with Gasteiger partial charge in [0.05, 0.1) is 5.69 Å². The predicted octanol–water partition coefficient (Wildman–Crippen LogP) is 1.26. The summed E-state index contributed by atoms with van der Waals surface area (Å²) < 4.78 is 7.41. The highest BCUT2D eigenvalue weighted by Gasteiger charge is 2.07. The standard InChI is InChI=1S/C15H21N3O2/c1-12-5-3-4-6-15(12)20-11-14(19)10-16-9-13-7-8-17-18(13)2/h3-8,14,16,19H,9-11H2,1-2H3. The Labute approximate surface area is 119 Å². The second kappa shape index (κ2) is 7.07. The van der Waals surface area contributed by atoms with Gasteiger partial charge in [0.2, 0.25) is 0 Å². The van der Waals surface area contributed by atoms with E-state index in [9.17, 15) is 5.11 Å². The van der Waals surface area contributed by atoms with Crippen LogP contribution >= 0.6 is 0 Å². The lowest BCUT2D eigenvalue weighted by atomic mass is 10.2. The van der Waals surface area contributed by atoms with E-state index in [2.05, 4.69) is 10.4 Å². The average Bonchev–Trinajstić information content (AvgIpc) is 2.84. The summed E-state index contributed by atoms with van der Waals surface area (Å²) in [4.78, 5) is 0. The first-order valence-corrected chi connectivity index (χ1v) is 6.71. The van der Waals surface area contributed by atoms with Crippen LogP contribution in [0.25, 0.3) is 0 Å². The molecule has 5 nitrogen and oxygen atoms in total. The molecule has 0 aliphatic carbocycles. The first-order valence-electron chi connectivity index (χ1n) is 6.71. The quantitative estimate of drug-likeness (QED) is 0.798. The van der Waals surface area contributed by atoms with Crippen LogP contribution in [-0.2, 0) is 13.6 Å². The van der Waals surface area contributed by atoms with E-state index in [-0.39, 0.29) is 6.61 Å². The van der Waals surface area contributed by atoms with Crippen LogP contribution in [0.4, 0.5) is 0 Å². The fourth-order valence-corrected chi connectivity index (χ4v) is 1.90. The molecule has 1 aromatic carbocycles. The minimum Gasteiger partial charge on any atom is -0.491 e. The molecule has 0 saturated carbocycles. The summed E-state index contributed by atoms with van der Waals surface area (Å²) >= 11 is 0. The summed E-state index contributed by atoms with van der Waals surface area (Å²) in [5, 5.41) is 17.2. The summed E-state index contributed by atoms with van der Waals surface area (Å²) in [5.41, 5.74) is 2.15. The van der Waals surface area contributed by atoms with Crippen LogP contribution in [0.3, 0.4) is 0 Å². The van der Waals surface area contributed by atoms with Crippen LogP contribution in [0, 0.1) is 6.92 Å². The first-order chi connectivity index (χ1) is 9.66. The Kier molecular flexibility index (Phi) is 5.15. The summed E-state index contributed by atoms with van der Waals surface area (Å²) in [6, 6.07) is 9.74. The fraction of sp³-hybridized carbons (Fsp3) is 0.400. The Balaban J connectivity index is 1.69. The lowest BCUT2D eigenvalue weighted by molar-refractivity contribution is 0.105. The minimum atomic E-state index is -0.539. The van der Waals surface area contributed by atoms with Gasteiger partial charge >= 0.3 is 0 Å². The van der Waals surface area contributed by atoms with Crippen molar-refractivity contribution >= 4 is 0 Å². The van der Waals surface area contributed by atoms with Crippen LogP contribution < -0.4 is 10.1 Å². The van der Waals surface area contributed by atoms with Crippen molar-refractivity contribution in [1.29, 1.82) is 0 Å². The van der Waals surface area contributed by atoms with Crippen LogP contribution in [0.1, 0.15) is 11.3 Å². The zero-order chi connectivity index (χ0) is 14.4. The van der Waals surface area contributed by atoms with Gasteiger partial charge in [0, 0.05) is 26.3 Å². The number of para-hydroxylation sites is 1. The van der Waals surface area contributed by atoms with E-state index in [0.717, 1.165) is 17.0 Å². The molecule has 2 aromatic rings. The Morgan fingerprint density at radius 3 is 2.85 bits per heavy atom. The molecule has 5 heteroatoms. The molecule has 108 valence electrons. The summed E-state index contributed by atoms with van der Waals surface area (Å²) in [6.07, 6.45) is 1.22. The summed E-state index contributed by atoms with van der Waals surface area (Å²) in [5.74, 6) is 0.818. The number of aromatic nitrogens is 2. The normalized spacial score (nSPS) is 12.3. The molecule has 1 heterocycles. The van der Waals surface area contributed by atoms with Crippen LogP contribution in [-0.4, -0.2) is 34.1 Å². The van der Waals surface area contributed by atoms with Crippen molar-refractivity contribution in [1.82, 2.24) is 15.1 Å². The van der Waals surface area contributed by atoms with E-state index in [1.807, 2.05) is 49.0 Å². The summed E-state index contributed by atoms with van der Waals surface area (Å²) in [6.45, 7) is 3.43. The third kappa shape index (κ3) is 4.08. The number of hydrogen-bond donors (Lipinski definition) is 2. The van der Waals surface area contributed by atoms with Gasteiger partial charge in [-0.05, 0) is 24.6 Å². The second-order valence-corrected chi connectivity index (χ2v) is 4.81. The summed E-state index contributed by atoms with van der Waals surface area (Å²) in [7, 11) is 1.90. The van der Waals surface area contributed by atoms with Gasteiger partial charge in [-0.25, -0.2) is 0 Å². The molecule has 1 unspecified atom stereocenters. The molecular weight excluding hydrogens is 254 g/mol. The molecular formula is C15H21N3O2. The van der Waals surface area contributed by atoms with Crippen molar-refractivity contribution in [2.24, 2.45) is 7.05 Å².